The number of esters is 1. The first-order valence-electron chi connectivity index (χ1n) is 5.10. The van der Waals surface area contributed by atoms with Gasteiger partial charge in [0.15, 0.2) is 0 Å². The number of pyridine rings is 1. The number of methoxy groups -OCH3 is 1. The summed E-state index contributed by atoms with van der Waals surface area (Å²) in [6.07, 6.45) is -11.7. The number of hydrogen-bond donors (Lipinski definition) is 1. The lowest BCUT2D eigenvalue weighted by Crippen LogP contribution is -2.25. The molecule has 1 N–H and O–H groups in total. The van der Waals surface area contributed by atoms with E-state index in [0.717, 1.165) is 7.11 Å². The van der Waals surface area contributed by atoms with Crippen LogP contribution in [0.4, 0.5) is 26.3 Å². The maximum absolute atomic E-state index is 12.7. The second-order valence-corrected chi connectivity index (χ2v) is 3.65. The molecule has 1 aromatic rings. The van der Waals surface area contributed by atoms with E-state index >= 15 is 0 Å². The third-order valence-corrected chi connectivity index (χ3v) is 2.17. The van der Waals surface area contributed by atoms with Crippen molar-refractivity contribution in [3.8, 4) is 5.75 Å². The van der Waals surface area contributed by atoms with Gasteiger partial charge in [-0.15, -0.1) is 13.2 Å². The molecule has 1 rings (SSSR count). The summed E-state index contributed by atoms with van der Waals surface area (Å²) in [7, 11) is 0.839. The van der Waals surface area contributed by atoms with E-state index in [4.69, 9.17) is 0 Å². The first kappa shape index (κ1) is 16.9. The third kappa shape index (κ3) is 4.68. The summed E-state index contributed by atoms with van der Waals surface area (Å²) in [4.78, 5) is 23.4. The Morgan fingerprint density at radius 3 is 2.24 bits per heavy atom. The van der Waals surface area contributed by atoms with Crippen molar-refractivity contribution >= 4 is 5.97 Å². The van der Waals surface area contributed by atoms with Crippen molar-refractivity contribution in [1.29, 1.82) is 0 Å². The van der Waals surface area contributed by atoms with Gasteiger partial charge in [0.25, 0.3) is 5.56 Å². The molecular weight excluding hydrogens is 312 g/mol. The smallest absolute Gasteiger partial charge is 0.469 e. The van der Waals surface area contributed by atoms with Gasteiger partial charge in [0.05, 0.1) is 13.5 Å². The molecule has 1 heterocycles. The van der Waals surface area contributed by atoms with E-state index in [1.165, 1.54) is 4.98 Å². The SMILES string of the molecule is COC(=O)Cc1c(OC(F)(F)F)cc(=O)[nH]c1C(F)(F)F. The Hall–Kier alpha value is -2.20. The Labute approximate surface area is 112 Å². The molecule has 0 spiro atoms. The van der Waals surface area contributed by atoms with E-state index < -0.39 is 47.5 Å². The Bertz CT molecular complexity index is 589. The predicted molar refractivity (Wildman–Crippen MR) is 54.5 cm³/mol. The first-order valence-corrected chi connectivity index (χ1v) is 5.10. The summed E-state index contributed by atoms with van der Waals surface area (Å²) in [5.74, 6) is -2.65. The van der Waals surface area contributed by atoms with Gasteiger partial charge in [-0.25, -0.2) is 0 Å². The number of nitrogens with one attached hydrogen (secondary N) is 1. The molecule has 0 aliphatic rings. The standard InChI is InChI=1S/C10H7F6NO4/c1-20-7(19)2-4-5(21-10(14,15)16)3-6(18)17-8(4)9(11,12)13/h3H,2H2,1H3,(H,17,18). The van der Waals surface area contributed by atoms with Crippen molar-refractivity contribution in [2.75, 3.05) is 7.11 Å². The second kappa shape index (κ2) is 5.66. The van der Waals surface area contributed by atoms with Crippen LogP contribution in [0.2, 0.25) is 0 Å². The van der Waals surface area contributed by atoms with Crippen LogP contribution < -0.4 is 10.3 Å². The summed E-state index contributed by atoms with van der Waals surface area (Å²) in [5.41, 5.74) is -4.44. The van der Waals surface area contributed by atoms with Crippen molar-refractivity contribution in [2.45, 2.75) is 19.0 Å². The molecule has 0 saturated carbocycles. The molecule has 1 aromatic heterocycles. The highest BCUT2D eigenvalue weighted by atomic mass is 19.4. The molecule has 0 amide bonds. The monoisotopic (exact) mass is 319 g/mol. The van der Waals surface area contributed by atoms with Crippen LogP contribution in [0.3, 0.4) is 0 Å². The molecule has 0 unspecified atom stereocenters. The van der Waals surface area contributed by atoms with Crippen molar-refractivity contribution < 1.29 is 40.6 Å². The number of halogens is 6. The van der Waals surface area contributed by atoms with Crippen LogP contribution in [0.1, 0.15) is 11.3 Å². The molecule has 0 aliphatic heterocycles. The van der Waals surface area contributed by atoms with Crippen LogP contribution in [0.25, 0.3) is 0 Å². The fourth-order valence-corrected chi connectivity index (χ4v) is 1.41. The van der Waals surface area contributed by atoms with E-state index in [0.29, 0.717) is 0 Å². The molecule has 0 aromatic carbocycles. The number of aromatic amines is 1. The van der Waals surface area contributed by atoms with E-state index in [9.17, 15) is 35.9 Å². The van der Waals surface area contributed by atoms with Crippen molar-refractivity contribution in [3.05, 3.63) is 27.7 Å². The molecule has 0 saturated heterocycles. The van der Waals surface area contributed by atoms with Gasteiger partial charge in [0.2, 0.25) is 0 Å². The van der Waals surface area contributed by atoms with E-state index in [1.54, 1.807) is 0 Å². The normalized spacial score (nSPS) is 12.1. The highest BCUT2D eigenvalue weighted by Gasteiger charge is 2.39. The maximum Gasteiger partial charge on any atom is 0.573 e. The van der Waals surface area contributed by atoms with Gasteiger partial charge in [-0.1, -0.05) is 0 Å². The molecule has 0 bridgehead atoms. The summed E-state index contributed by atoms with van der Waals surface area (Å²) < 4.78 is 82.2. The van der Waals surface area contributed by atoms with Crippen molar-refractivity contribution in [2.24, 2.45) is 0 Å². The average molecular weight is 319 g/mol. The number of carbonyl (C=O) groups excluding carboxylic acids is 1. The minimum Gasteiger partial charge on any atom is -0.469 e. The Balaban J connectivity index is 3.50. The van der Waals surface area contributed by atoms with Crippen LogP contribution >= 0.6 is 0 Å². The lowest BCUT2D eigenvalue weighted by atomic mass is 10.1. The highest BCUT2D eigenvalue weighted by Crippen LogP contribution is 2.35. The maximum atomic E-state index is 12.7. The molecule has 21 heavy (non-hydrogen) atoms. The second-order valence-electron chi connectivity index (χ2n) is 3.65. The zero-order valence-corrected chi connectivity index (χ0v) is 10.2. The van der Waals surface area contributed by atoms with Crippen LogP contribution in [0, 0.1) is 0 Å². The predicted octanol–water partition coefficient (Wildman–Crippen LogP) is 2.01. The molecule has 0 radical (unpaired) electrons. The number of ether oxygens (including phenoxy) is 2. The van der Waals surface area contributed by atoms with Gasteiger partial charge in [-0.3, -0.25) is 9.59 Å². The van der Waals surface area contributed by atoms with Gasteiger partial charge in [-0.2, -0.15) is 13.2 Å². The fraction of sp³-hybridized carbons (Fsp3) is 0.400. The number of alkyl halides is 6. The summed E-state index contributed by atoms with van der Waals surface area (Å²) in [6.45, 7) is 0. The van der Waals surface area contributed by atoms with E-state index in [1.807, 2.05) is 0 Å². The van der Waals surface area contributed by atoms with Crippen molar-refractivity contribution in [3.63, 3.8) is 0 Å². The Kier molecular flexibility index (Phi) is 4.54. The van der Waals surface area contributed by atoms with Crippen LogP contribution in [-0.2, 0) is 22.1 Å². The van der Waals surface area contributed by atoms with Gasteiger partial charge < -0.3 is 14.5 Å². The van der Waals surface area contributed by atoms with Crippen molar-refractivity contribution in [1.82, 2.24) is 4.98 Å². The number of H-pyrrole nitrogens is 1. The van der Waals surface area contributed by atoms with Gasteiger partial charge in [0, 0.05) is 11.6 Å². The highest BCUT2D eigenvalue weighted by molar-refractivity contribution is 5.74. The minimum atomic E-state index is -5.33. The van der Waals surface area contributed by atoms with Gasteiger partial charge >= 0.3 is 18.5 Å². The molecule has 0 aliphatic carbocycles. The topological polar surface area (TPSA) is 68.4 Å². The number of carbonyl (C=O) groups is 1. The first-order chi connectivity index (χ1) is 9.44. The summed E-state index contributed by atoms with van der Waals surface area (Å²) >= 11 is 0. The lowest BCUT2D eigenvalue weighted by Gasteiger charge is -2.17. The molecule has 0 atom stereocenters. The quantitative estimate of drug-likeness (QED) is 0.683. The van der Waals surface area contributed by atoms with Crippen LogP contribution in [0.15, 0.2) is 10.9 Å². The number of hydrogen-bond acceptors (Lipinski definition) is 4. The number of aromatic nitrogens is 1. The van der Waals surface area contributed by atoms with Crippen LogP contribution in [0.5, 0.6) is 5.75 Å². The van der Waals surface area contributed by atoms with Gasteiger partial charge in [0.1, 0.15) is 11.4 Å². The molecular formula is C10H7F6NO4. The lowest BCUT2D eigenvalue weighted by molar-refractivity contribution is -0.275. The Morgan fingerprint density at radius 1 is 1.24 bits per heavy atom. The molecule has 118 valence electrons. The van der Waals surface area contributed by atoms with Crippen LogP contribution in [-0.4, -0.2) is 24.4 Å². The zero-order chi connectivity index (χ0) is 16.4. The third-order valence-electron chi connectivity index (χ3n) is 2.17. The molecule has 11 heteroatoms. The van der Waals surface area contributed by atoms with E-state index in [-0.39, 0.29) is 6.07 Å². The minimum absolute atomic E-state index is 0.168. The largest absolute Gasteiger partial charge is 0.573 e. The van der Waals surface area contributed by atoms with E-state index in [2.05, 4.69) is 9.47 Å². The molecule has 5 nitrogen and oxygen atoms in total. The Morgan fingerprint density at radius 2 is 1.81 bits per heavy atom. The number of rotatable bonds is 3. The molecule has 0 fully saturated rings. The summed E-state index contributed by atoms with van der Waals surface area (Å²) in [6, 6.07) is 0.168. The average Bonchev–Trinajstić information content (AvgIpc) is 2.28. The summed E-state index contributed by atoms with van der Waals surface area (Å²) in [5, 5.41) is 0. The zero-order valence-electron chi connectivity index (χ0n) is 10.2. The van der Waals surface area contributed by atoms with Gasteiger partial charge in [-0.05, 0) is 0 Å². The fourth-order valence-electron chi connectivity index (χ4n) is 1.41.